The number of nitrogen functional groups attached to an aromatic ring is 1. The van der Waals surface area contributed by atoms with E-state index in [1.165, 1.54) is 0 Å². The number of hydrogen-bond acceptors (Lipinski definition) is 9. The van der Waals surface area contributed by atoms with E-state index in [-0.39, 0.29) is 18.6 Å². The van der Waals surface area contributed by atoms with Gasteiger partial charge in [-0.3, -0.25) is 0 Å². The van der Waals surface area contributed by atoms with Crippen molar-refractivity contribution >= 4 is 11.8 Å². The molecule has 2 aliphatic rings. The maximum absolute atomic E-state index is 9.51. The van der Waals surface area contributed by atoms with Crippen LogP contribution in [0.15, 0.2) is 12.4 Å². The fourth-order valence-corrected chi connectivity index (χ4v) is 3.61. The third-order valence-corrected chi connectivity index (χ3v) is 5.18. The van der Waals surface area contributed by atoms with Crippen LogP contribution in [0.2, 0.25) is 0 Å². The van der Waals surface area contributed by atoms with Crippen LogP contribution in [0.3, 0.4) is 0 Å². The van der Waals surface area contributed by atoms with Crippen molar-refractivity contribution in [2.24, 2.45) is 0 Å². The Bertz CT molecular complexity index is 831. The van der Waals surface area contributed by atoms with Crippen molar-refractivity contribution in [3.05, 3.63) is 23.7 Å². The molecule has 9 heteroatoms. The highest BCUT2D eigenvalue weighted by atomic mass is 16.5. The Morgan fingerprint density at radius 1 is 1.33 bits per heavy atom. The van der Waals surface area contributed by atoms with Gasteiger partial charge in [-0.1, -0.05) is 0 Å². The number of morpholine rings is 1. The van der Waals surface area contributed by atoms with Gasteiger partial charge in [0.1, 0.15) is 11.4 Å². The van der Waals surface area contributed by atoms with Crippen LogP contribution < -0.4 is 10.6 Å². The number of hydrogen-bond donors (Lipinski definition) is 2. The van der Waals surface area contributed by atoms with Gasteiger partial charge >= 0.3 is 0 Å². The summed E-state index contributed by atoms with van der Waals surface area (Å²) in [6, 6.07) is 0.193. The second-order valence-corrected chi connectivity index (χ2v) is 7.14. The quantitative estimate of drug-likeness (QED) is 0.805. The largest absolute Gasteiger partial charge is 0.396 e. The summed E-state index contributed by atoms with van der Waals surface area (Å²) in [5.41, 5.74) is 7.43. The summed E-state index contributed by atoms with van der Waals surface area (Å²) >= 11 is 0. The van der Waals surface area contributed by atoms with Crippen molar-refractivity contribution in [2.45, 2.75) is 38.5 Å². The lowest BCUT2D eigenvalue weighted by Crippen LogP contribution is -2.44. The molecule has 2 aromatic heterocycles. The molecule has 4 rings (SSSR count). The highest BCUT2D eigenvalue weighted by molar-refractivity contribution is 5.61. The fraction of sp³-hybridized carbons (Fsp3) is 0.556. The molecule has 0 unspecified atom stereocenters. The average molecular weight is 372 g/mol. The lowest BCUT2D eigenvalue weighted by atomic mass is 9.96. The number of nitrogens with two attached hydrogens (primary N) is 1. The zero-order chi connectivity index (χ0) is 19.0. The fourth-order valence-electron chi connectivity index (χ4n) is 3.61. The van der Waals surface area contributed by atoms with Gasteiger partial charge in [0, 0.05) is 37.5 Å². The Morgan fingerprint density at radius 3 is 2.81 bits per heavy atom. The van der Waals surface area contributed by atoms with E-state index in [4.69, 9.17) is 25.2 Å². The van der Waals surface area contributed by atoms with Crippen molar-refractivity contribution in [2.75, 3.05) is 37.0 Å². The number of fused-ring (bicyclic) bond motifs is 1. The molecule has 0 bridgehead atoms. The zero-order valence-electron chi connectivity index (χ0n) is 15.6. The molecule has 2 aromatic rings. The molecule has 2 aliphatic heterocycles. The summed E-state index contributed by atoms with van der Waals surface area (Å²) in [5.74, 6) is 1.58. The predicted molar refractivity (Wildman–Crippen MR) is 98.9 cm³/mol. The summed E-state index contributed by atoms with van der Waals surface area (Å²) in [5, 5.41) is 9.51. The Balaban J connectivity index is 1.86. The van der Waals surface area contributed by atoms with Gasteiger partial charge in [-0.25, -0.2) is 19.9 Å². The third-order valence-electron chi connectivity index (χ3n) is 5.18. The van der Waals surface area contributed by atoms with E-state index in [1.807, 2.05) is 6.92 Å². The van der Waals surface area contributed by atoms with Crippen molar-refractivity contribution in [3.8, 4) is 11.4 Å². The minimum absolute atomic E-state index is 0.0174. The summed E-state index contributed by atoms with van der Waals surface area (Å²) in [6.45, 7) is 6.55. The van der Waals surface area contributed by atoms with Crippen molar-refractivity contribution in [1.82, 2.24) is 19.9 Å². The molecule has 0 saturated carbocycles. The standard InChI is InChI=1S/C18H24N6O3/c1-11-9-26-6-4-24(11)16-13-10-27-18(2,3-5-25)14(13)22-15(23-16)12-7-20-17(19)21-8-12/h7-8,11,25H,3-6,9-10H2,1-2H3,(H2,19,20,21)/t11-,18+/m0/s1. The number of aliphatic hydroxyl groups is 1. The molecule has 27 heavy (non-hydrogen) atoms. The van der Waals surface area contributed by atoms with Gasteiger partial charge in [-0.2, -0.15) is 0 Å². The lowest BCUT2D eigenvalue weighted by Gasteiger charge is -2.35. The van der Waals surface area contributed by atoms with Crippen molar-refractivity contribution in [3.63, 3.8) is 0 Å². The van der Waals surface area contributed by atoms with E-state index < -0.39 is 5.60 Å². The van der Waals surface area contributed by atoms with Gasteiger partial charge in [0.05, 0.1) is 37.1 Å². The molecule has 9 nitrogen and oxygen atoms in total. The van der Waals surface area contributed by atoms with Crippen LogP contribution in [0, 0.1) is 0 Å². The number of aromatic nitrogens is 4. The molecule has 1 saturated heterocycles. The molecular formula is C18H24N6O3. The van der Waals surface area contributed by atoms with Crippen LogP contribution in [0.25, 0.3) is 11.4 Å². The minimum Gasteiger partial charge on any atom is -0.396 e. The Labute approximate surface area is 157 Å². The van der Waals surface area contributed by atoms with Crippen LogP contribution in [-0.4, -0.2) is 57.4 Å². The van der Waals surface area contributed by atoms with Gasteiger partial charge in [0.25, 0.3) is 0 Å². The number of rotatable bonds is 4. The third kappa shape index (κ3) is 3.22. The Morgan fingerprint density at radius 2 is 2.11 bits per heavy atom. The maximum Gasteiger partial charge on any atom is 0.219 e. The summed E-state index contributed by atoms with van der Waals surface area (Å²) < 4.78 is 11.6. The first-order valence-corrected chi connectivity index (χ1v) is 9.10. The van der Waals surface area contributed by atoms with Gasteiger partial charge in [0.2, 0.25) is 5.95 Å². The first kappa shape index (κ1) is 18.0. The van der Waals surface area contributed by atoms with Crippen molar-refractivity contribution < 1.29 is 14.6 Å². The number of anilines is 2. The average Bonchev–Trinajstić information content (AvgIpc) is 2.99. The normalized spacial score (nSPS) is 24.9. The van der Waals surface area contributed by atoms with Crippen LogP contribution in [0.1, 0.15) is 31.5 Å². The zero-order valence-corrected chi connectivity index (χ0v) is 15.6. The van der Waals surface area contributed by atoms with E-state index in [9.17, 15) is 5.11 Å². The summed E-state index contributed by atoms with van der Waals surface area (Å²) in [7, 11) is 0. The highest BCUT2D eigenvalue weighted by Gasteiger charge is 2.41. The van der Waals surface area contributed by atoms with Crippen LogP contribution in [-0.2, 0) is 21.7 Å². The SMILES string of the molecule is C[C@H]1COCCN1c1nc(-c2cnc(N)nc2)nc2c1CO[C@]2(C)CCO. The summed E-state index contributed by atoms with van der Waals surface area (Å²) in [6.07, 6.45) is 3.71. The summed E-state index contributed by atoms with van der Waals surface area (Å²) in [4.78, 5) is 20.0. The number of aliphatic hydroxyl groups excluding tert-OH is 1. The minimum atomic E-state index is -0.652. The number of ether oxygens (including phenoxy) is 2. The van der Waals surface area contributed by atoms with E-state index in [0.29, 0.717) is 37.6 Å². The van der Waals surface area contributed by atoms with E-state index >= 15 is 0 Å². The maximum atomic E-state index is 9.51. The molecular weight excluding hydrogens is 348 g/mol. The molecule has 0 aromatic carbocycles. The van der Waals surface area contributed by atoms with E-state index in [1.54, 1.807) is 12.4 Å². The monoisotopic (exact) mass is 372 g/mol. The van der Waals surface area contributed by atoms with Gasteiger partial charge in [-0.05, 0) is 13.8 Å². The Hall–Kier alpha value is -2.36. The predicted octanol–water partition coefficient (Wildman–Crippen LogP) is 0.869. The van der Waals surface area contributed by atoms with E-state index in [0.717, 1.165) is 23.6 Å². The van der Waals surface area contributed by atoms with Crippen molar-refractivity contribution in [1.29, 1.82) is 0 Å². The second-order valence-electron chi connectivity index (χ2n) is 7.14. The van der Waals surface area contributed by atoms with Crippen LogP contribution in [0.5, 0.6) is 0 Å². The molecule has 144 valence electrons. The molecule has 3 N–H and O–H groups in total. The Kier molecular flexibility index (Phi) is 4.67. The number of nitrogens with zero attached hydrogens (tertiary/aromatic N) is 5. The molecule has 0 aliphatic carbocycles. The van der Waals surface area contributed by atoms with Crippen LogP contribution >= 0.6 is 0 Å². The highest BCUT2D eigenvalue weighted by Crippen LogP contribution is 2.42. The second kappa shape index (κ2) is 6.99. The lowest BCUT2D eigenvalue weighted by molar-refractivity contribution is -0.0410. The molecule has 0 amide bonds. The smallest absolute Gasteiger partial charge is 0.219 e. The molecule has 4 heterocycles. The van der Waals surface area contributed by atoms with Gasteiger partial charge < -0.3 is 25.2 Å². The first-order valence-electron chi connectivity index (χ1n) is 9.10. The van der Waals surface area contributed by atoms with E-state index in [2.05, 4.69) is 21.8 Å². The molecule has 0 radical (unpaired) electrons. The first-order chi connectivity index (χ1) is 13.0. The molecule has 2 atom stereocenters. The molecule has 0 spiro atoms. The topological polar surface area (TPSA) is 120 Å². The molecule has 1 fully saturated rings. The van der Waals surface area contributed by atoms with Crippen LogP contribution in [0.4, 0.5) is 11.8 Å². The van der Waals surface area contributed by atoms with Gasteiger partial charge in [0.15, 0.2) is 5.82 Å². The van der Waals surface area contributed by atoms with Gasteiger partial charge in [-0.15, -0.1) is 0 Å².